The zero-order valence-corrected chi connectivity index (χ0v) is 17.5. The summed E-state index contributed by atoms with van der Waals surface area (Å²) in [4.78, 5) is 2.47. The fourth-order valence-electron chi connectivity index (χ4n) is 3.45. The van der Waals surface area contributed by atoms with Gasteiger partial charge in [-0.3, -0.25) is 0 Å². The number of hydrogen-bond acceptors (Lipinski definition) is 5. The van der Waals surface area contributed by atoms with Crippen molar-refractivity contribution in [3.63, 3.8) is 0 Å². The lowest BCUT2D eigenvalue weighted by Crippen LogP contribution is -2.49. The number of benzene rings is 2. The maximum Gasteiger partial charge on any atom is 0.243 e. The summed E-state index contributed by atoms with van der Waals surface area (Å²) in [6.07, 6.45) is 0. The van der Waals surface area contributed by atoms with Gasteiger partial charge in [-0.1, -0.05) is 30.3 Å². The van der Waals surface area contributed by atoms with Gasteiger partial charge in [-0.2, -0.15) is 4.31 Å². The number of methoxy groups -OCH3 is 1. The van der Waals surface area contributed by atoms with Crippen LogP contribution in [0.5, 0.6) is 5.75 Å². The minimum Gasteiger partial charge on any atom is -0.491 e. The molecule has 1 fully saturated rings. The van der Waals surface area contributed by atoms with Crippen LogP contribution < -0.4 is 4.74 Å². The molecule has 3 rings (SSSR count). The molecule has 1 heterocycles. The highest BCUT2D eigenvalue weighted by atomic mass is 32.2. The second-order valence-corrected chi connectivity index (χ2v) is 8.96. The first-order valence-electron chi connectivity index (χ1n) is 9.41. The van der Waals surface area contributed by atoms with Gasteiger partial charge in [0.2, 0.25) is 10.0 Å². The van der Waals surface area contributed by atoms with Crippen molar-refractivity contribution in [1.82, 2.24) is 9.21 Å². The van der Waals surface area contributed by atoms with Gasteiger partial charge < -0.3 is 14.4 Å². The molecule has 28 heavy (non-hydrogen) atoms. The fourth-order valence-corrected chi connectivity index (χ4v) is 5.13. The summed E-state index contributed by atoms with van der Waals surface area (Å²) in [5.74, 6) is 0.675. The molecule has 0 spiro atoms. The molecule has 0 radical (unpaired) electrons. The van der Waals surface area contributed by atoms with E-state index in [0.717, 1.165) is 11.1 Å². The van der Waals surface area contributed by atoms with Crippen LogP contribution in [0.3, 0.4) is 0 Å². The second-order valence-electron chi connectivity index (χ2n) is 7.07. The molecule has 0 bridgehead atoms. The minimum absolute atomic E-state index is 0.206. The summed E-state index contributed by atoms with van der Waals surface area (Å²) in [5.41, 5.74) is 1.80. The van der Waals surface area contributed by atoms with E-state index in [9.17, 15) is 8.42 Å². The normalized spacial score (nSPS) is 18.9. The molecular weight excluding hydrogens is 376 g/mol. The summed E-state index contributed by atoms with van der Waals surface area (Å²) in [5, 5.41) is 0. The van der Waals surface area contributed by atoms with Gasteiger partial charge in [-0.25, -0.2) is 8.42 Å². The fraction of sp³-hybridized carbons (Fsp3) is 0.429. The second kappa shape index (κ2) is 9.05. The van der Waals surface area contributed by atoms with E-state index in [1.165, 1.54) is 0 Å². The van der Waals surface area contributed by atoms with Crippen LogP contribution in [0, 0.1) is 6.92 Å². The highest BCUT2D eigenvalue weighted by molar-refractivity contribution is 7.89. The summed E-state index contributed by atoms with van der Waals surface area (Å²) in [6, 6.07) is 14.7. The van der Waals surface area contributed by atoms with E-state index >= 15 is 0 Å². The lowest BCUT2D eigenvalue weighted by Gasteiger charge is -2.39. The van der Waals surface area contributed by atoms with E-state index in [4.69, 9.17) is 9.47 Å². The molecule has 0 aliphatic carbocycles. The Balaban J connectivity index is 1.89. The van der Waals surface area contributed by atoms with Crippen LogP contribution in [0.15, 0.2) is 53.4 Å². The largest absolute Gasteiger partial charge is 0.491 e. The van der Waals surface area contributed by atoms with Crippen LogP contribution in [0.25, 0.3) is 0 Å². The molecule has 1 aliphatic rings. The highest BCUT2D eigenvalue weighted by Gasteiger charge is 2.36. The maximum absolute atomic E-state index is 13.4. The summed E-state index contributed by atoms with van der Waals surface area (Å²) in [7, 11) is 0.0194. The van der Waals surface area contributed by atoms with Crippen molar-refractivity contribution in [2.24, 2.45) is 0 Å². The van der Waals surface area contributed by atoms with Gasteiger partial charge in [0.1, 0.15) is 12.4 Å². The van der Waals surface area contributed by atoms with Crippen LogP contribution in [-0.2, 0) is 14.8 Å². The van der Waals surface area contributed by atoms with E-state index in [1.54, 1.807) is 29.6 Å². The van der Waals surface area contributed by atoms with E-state index in [0.29, 0.717) is 43.5 Å². The number of piperazine rings is 1. The molecule has 2 aromatic rings. The molecule has 0 N–H and O–H groups in total. The van der Waals surface area contributed by atoms with Gasteiger partial charge >= 0.3 is 0 Å². The van der Waals surface area contributed by atoms with Gasteiger partial charge in [0, 0.05) is 26.7 Å². The highest BCUT2D eigenvalue weighted by Crippen LogP contribution is 2.32. The third-order valence-corrected chi connectivity index (χ3v) is 6.92. The molecule has 152 valence electrons. The SMILES string of the molecule is COCCOc1ccc(S(=O)(=O)N2CCN(C)CC2c2ccccc2)cc1C. The Hall–Kier alpha value is -1.93. The molecule has 6 nitrogen and oxygen atoms in total. The quantitative estimate of drug-likeness (QED) is 0.664. The van der Waals surface area contributed by atoms with Crippen LogP contribution in [0.4, 0.5) is 0 Å². The summed E-state index contributed by atoms with van der Waals surface area (Å²) >= 11 is 0. The molecule has 7 heteroatoms. The number of hydrogen-bond donors (Lipinski definition) is 0. The Bertz CT molecular complexity index is 887. The van der Waals surface area contributed by atoms with Crippen LogP contribution >= 0.6 is 0 Å². The van der Waals surface area contributed by atoms with Crippen molar-refractivity contribution in [2.75, 3.05) is 47.0 Å². The Morgan fingerprint density at radius 1 is 1.07 bits per heavy atom. The van der Waals surface area contributed by atoms with Gasteiger partial charge in [-0.15, -0.1) is 0 Å². The van der Waals surface area contributed by atoms with E-state index in [1.807, 2.05) is 44.3 Å². The standard InChI is InChI=1S/C21H28N2O4S/c1-17-15-19(9-10-21(17)27-14-13-26-3)28(24,25)23-12-11-22(2)16-20(23)18-7-5-4-6-8-18/h4-10,15,20H,11-14,16H2,1-3H3. The predicted molar refractivity (Wildman–Crippen MR) is 109 cm³/mol. The van der Waals surface area contributed by atoms with Gasteiger partial charge in [0.15, 0.2) is 0 Å². The maximum atomic E-state index is 13.4. The van der Waals surface area contributed by atoms with Crippen molar-refractivity contribution in [3.8, 4) is 5.75 Å². The number of nitrogens with zero attached hydrogens (tertiary/aromatic N) is 2. The predicted octanol–water partition coefficient (Wildman–Crippen LogP) is 2.70. The van der Waals surface area contributed by atoms with Crippen LogP contribution in [-0.4, -0.2) is 64.6 Å². The molecule has 0 amide bonds. The Kier molecular flexibility index (Phi) is 6.72. The molecule has 1 aliphatic heterocycles. The Morgan fingerprint density at radius 3 is 2.50 bits per heavy atom. The monoisotopic (exact) mass is 404 g/mol. The minimum atomic E-state index is -3.62. The smallest absolute Gasteiger partial charge is 0.243 e. The number of rotatable bonds is 7. The topological polar surface area (TPSA) is 59.1 Å². The van der Waals surface area contributed by atoms with Crippen LogP contribution in [0.2, 0.25) is 0 Å². The van der Waals surface area contributed by atoms with Crippen molar-refractivity contribution >= 4 is 10.0 Å². The Labute approximate surface area is 167 Å². The van der Waals surface area contributed by atoms with E-state index in [2.05, 4.69) is 4.90 Å². The third-order valence-electron chi connectivity index (χ3n) is 5.02. The molecule has 0 aromatic heterocycles. The summed E-state index contributed by atoms with van der Waals surface area (Å²) < 4.78 is 39.2. The number of sulfonamides is 1. The molecule has 0 saturated carbocycles. The van der Waals surface area contributed by atoms with Crippen molar-refractivity contribution in [3.05, 3.63) is 59.7 Å². The van der Waals surface area contributed by atoms with E-state index in [-0.39, 0.29) is 6.04 Å². The zero-order chi connectivity index (χ0) is 20.1. The third kappa shape index (κ3) is 4.55. The zero-order valence-electron chi connectivity index (χ0n) is 16.7. The van der Waals surface area contributed by atoms with Gasteiger partial charge in [0.25, 0.3) is 0 Å². The molecular formula is C21H28N2O4S. The number of ether oxygens (including phenoxy) is 2. The summed E-state index contributed by atoms with van der Waals surface area (Å²) in [6.45, 7) is 4.61. The first kappa shape index (κ1) is 20.8. The first-order chi connectivity index (χ1) is 13.4. The van der Waals surface area contributed by atoms with Crippen molar-refractivity contribution in [1.29, 1.82) is 0 Å². The Morgan fingerprint density at radius 2 is 1.82 bits per heavy atom. The lowest BCUT2D eigenvalue weighted by molar-refractivity contribution is 0.146. The van der Waals surface area contributed by atoms with Gasteiger partial charge in [-0.05, 0) is 43.3 Å². The average molecular weight is 405 g/mol. The van der Waals surface area contributed by atoms with Crippen molar-refractivity contribution in [2.45, 2.75) is 17.9 Å². The van der Waals surface area contributed by atoms with Crippen molar-refractivity contribution < 1.29 is 17.9 Å². The number of aryl methyl sites for hydroxylation is 1. The van der Waals surface area contributed by atoms with E-state index < -0.39 is 10.0 Å². The first-order valence-corrected chi connectivity index (χ1v) is 10.8. The lowest BCUT2D eigenvalue weighted by atomic mass is 10.1. The molecule has 1 unspecified atom stereocenters. The molecule has 1 atom stereocenters. The number of likely N-dealkylation sites (N-methyl/N-ethyl adjacent to an activating group) is 1. The average Bonchev–Trinajstić information content (AvgIpc) is 2.69. The van der Waals surface area contributed by atoms with Gasteiger partial charge in [0.05, 0.1) is 17.5 Å². The van der Waals surface area contributed by atoms with Crippen LogP contribution in [0.1, 0.15) is 17.2 Å². The molecule has 1 saturated heterocycles. The molecule has 2 aromatic carbocycles.